The number of methoxy groups -OCH3 is 1. The number of carbonyl (C=O) groups excluding carboxylic acids is 1. The molecule has 0 radical (unpaired) electrons. The maximum absolute atomic E-state index is 14.2. The first-order valence-electron chi connectivity index (χ1n) is 8.56. The Morgan fingerprint density at radius 2 is 1.83 bits per heavy atom. The Morgan fingerprint density at radius 3 is 2.45 bits per heavy atom. The van der Waals surface area contributed by atoms with Crippen LogP contribution >= 0.6 is 11.3 Å². The van der Waals surface area contributed by atoms with Crippen LogP contribution in [-0.2, 0) is 16.1 Å². The Kier molecular flexibility index (Phi) is 6.36. The van der Waals surface area contributed by atoms with Gasteiger partial charge in [-0.3, -0.25) is 4.79 Å². The molecule has 3 aromatic rings. The molecule has 29 heavy (non-hydrogen) atoms. The molecule has 0 aliphatic rings. The summed E-state index contributed by atoms with van der Waals surface area (Å²) in [6.07, 6.45) is 0. The fraction of sp³-hybridized carbons (Fsp3) is 0.143. The summed E-state index contributed by atoms with van der Waals surface area (Å²) in [6, 6.07) is 13.7. The molecule has 0 saturated carbocycles. The van der Waals surface area contributed by atoms with Crippen LogP contribution in [0.2, 0.25) is 0 Å². The van der Waals surface area contributed by atoms with Crippen molar-refractivity contribution < 1.29 is 28.2 Å². The molecule has 0 unspecified atom stereocenters. The number of carboxylic acid groups (broad SMARTS) is 1. The zero-order chi connectivity index (χ0) is 21.0. The van der Waals surface area contributed by atoms with Crippen LogP contribution < -0.4 is 4.90 Å². The largest absolute Gasteiger partial charge is 0.477 e. The van der Waals surface area contributed by atoms with E-state index in [-0.39, 0.29) is 29.3 Å². The number of rotatable bonds is 7. The minimum absolute atomic E-state index is 0.0552. The second-order valence-electron chi connectivity index (χ2n) is 6.14. The van der Waals surface area contributed by atoms with Crippen molar-refractivity contribution in [2.24, 2.45) is 0 Å². The zero-order valence-electron chi connectivity index (χ0n) is 15.4. The van der Waals surface area contributed by atoms with Crippen molar-refractivity contribution in [1.82, 2.24) is 0 Å². The number of aromatic carboxylic acids is 1. The van der Waals surface area contributed by atoms with E-state index < -0.39 is 23.5 Å². The van der Waals surface area contributed by atoms with E-state index in [9.17, 15) is 23.5 Å². The van der Waals surface area contributed by atoms with E-state index in [1.807, 2.05) is 30.3 Å². The summed E-state index contributed by atoms with van der Waals surface area (Å²) < 4.78 is 32.3. The van der Waals surface area contributed by atoms with Gasteiger partial charge in [0, 0.05) is 23.6 Å². The van der Waals surface area contributed by atoms with E-state index in [1.54, 1.807) is 6.07 Å². The molecule has 0 spiro atoms. The standard InChI is InChI=1S/C21H17F2NO4S/c1-28-12-19(25)24(11-14-7-8-15(22)9-16(14)23)17-10-18(29-20(17)21(26)27)13-5-3-2-4-6-13/h2-10H,11-12H2,1H3,(H,26,27). The molecule has 0 fully saturated rings. The van der Waals surface area contributed by atoms with Gasteiger partial charge in [0.15, 0.2) is 0 Å². The number of halogens is 2. The summed E-state index contributed by atoms with van der Waals surface area (Å²) in [5.74, 6) is -3.32. The highest BCUT2D eigenvalue weighted by molar-refractivity contribution is 7.18. The Balaban J connectivity index is 2.08. The Bertz CT molecular complexity index is 1040. The monoisotopic (exact) mass is 417 g/mol. The molecular formula is C21H17F2NO4S. The predicted molar refractivity (Wildman–Crippen MR) is 106 cm³/mol. The molecule has 1 amide bonds. The van der Waals surface area contributed by atoms with Gasteiger partial charge in [0.2, 0.25) is 0 Å². The number of hydrogen-bond acceptors (Lipinski definition) is 4. The van der Waals surface area contributed by atoms with Gasteiger partial charge in [-0.1, -0.05) is 36.4 Å². The van der Waals surface area contributed by atoms with Crippen LogP contribution in [0.3, 0.4) is 0 Å². The number of ether oxygens (including phenoxy) is 1. The van der Waals surface area contributed by atoms with Crippen LogP contribution in [0, 0.1) is 11.6 Å². The first-order chi connectivity index (χ1) is 13.9. The lowest BCUT2D eigenvalue weighted by atomic mass is 10.1. The van der Waals surface area contributed by atoms with Crippen LogP contribution in [0.25, 0.3) is 10.4 Å². The molecule has 0 atom stereocenters. The number of thiophene rings is 1. The van der Waals surface area contributed by atoms with Crippen LogP contribution in [0.4, 0.5) is 14.5 Å². The molecule has 0 aliphatic carbocycles. The second kappa shape index (κ2) is 8.93. The Hall–Kier alpha value is -3.10. The molecular weight excluding hydrogens is 400 g/mol. The number of nitrogens with zero attached hydrogens (tertiary/aromatic N) is 1. The summed E-state index contributed by atoms with van der Waals surface area (Å²) in [5, 5.41) is 9.66. The van der Waals surface area contributed by atoms with Crippen LogP contribution in [0.15, 0.2) is 54.6 Å². The summed E-state index contributed by atoms with van der Waals surface area (Å²) in [6.45, 7) is -0.585. The van der Waals surface area contributed by atoms with Gasteiger partial charge in [0.1, 0.15) is 23.1 Å². The van der Waals surface area contributed by atoms with Crippen molar-refractivity contribution in [3.8, 4) is 10.4 Å². The van der Waals surface area contributed by atoms with Crippen molar-refractivity contribution in [3.05, 3.63) is 76.7 Å². The highest BCUT2D eigenvalue weighted by atomic mass is 32.1. The number of carboxylic acids is 1. The average Bonchev–Trinajstić information content (AvgIpc) is 3.13. The summed E-state index contributed by atoms with van der Waals surface area (Å²) in [4.78, 5) is 26.2. The molecule has 8 heteroatoms. The molecule has 150 valence electrons. The lowest BCUT2D eigenvalue weighted by Gasteiger charge is -2.22. The SMILES string of the molecule is COCC(=O)N(Cc1ccc(F)cc1F)c1cc(-c2ccccc2)sc1C(=O)O. The van der Waals surface area contributed by atoms with Crippen LogP contribution in [0.5, 0.6) is 0 Å². The molecule has 1 heterocycles. The third kappa shape index (κ3) is 4.67. The first-order valence-corrected chi connectivity index (χ1v) is 9.38. The van der Waals surface area contributed by atoms with Gasteiger partial charge in [-0.2, -0.15) is 0 Å². The van der Waals surface area contributed by atoms with Crippen molar-refractivity contribution in [2.75, 3.05) is 18.6 Å². The fourth-order valence-corrected chi connectivity index (χ4v) is 3.81. The molecule has 1 aromatic heterocycles. The maximum Gasteiger partial charge on any atom is 0.348 e. The molecule has 3 rings (SSSR count). The zero-order valence-corrected chi connectivity index (χ0v) is 16.2. The molecule has 2 aromatic carbocycles. The Labute approximate surface area is 169 Å². The van der Waals surface area contributed by atoms with Crippen molar-refractivity contribution in [3.63, 3.8) is 0 Å². The lowest BCUT2D eigenvalue weighted by Crippen LogP contribution is -2.34. The summed E-state index contributed by atoms with van der Waals surface area (Å²) in [7, 11) is 1.33. The van der Waals surface area contributed by atoms with Gasteiger partial charge < -0.3 is 14.7 Å². The predicted octanol–water partition coefficient (Wildman–Crippen LogP) is 4.57. The number of amides is 1. The highest BCUT2D eigenvalue weighted by Crippen LogP contribution is 2.37. The third-order valence-electron chi connectivity index (χ3n) is 4.17. The van der Waals surface area contributed by atoms with E-state index in [0.29, 0.717) is 4.88 Å². The molecule has 5 nitrogen and oxygen atoms in total. The van der Waals surface area contributed by atoms with E-state index in [2.05, 4.69) is 0 Å². The van der Waals surface area contributed by atoms with Gasteiger partial charge in [-0.15, -0.1) is 11.3 Å². The topological polar surface area (TPSA) is 66.8 Å². The lowest BCUT2D eigenvalue weighted by molar-refractivity contribution is -0.122. The quantitative estimate of drug-likeness (QED) is 0.612. The van der Waals surface area contributed by atoms with Gasteiger partial charge in [0.05, 0.1) is 12.2 Å². The smallest absolute Gasteiger partial charge is 0.348 e. The van der Waals surface area contributed by atoms with Gasteiger partial charge in [-0.25, -0.2) is 13.6 Å². The van der Waals surface area contributed by atoms with Crippen molar-refractivity contribution in [1.29, 1.82) is 0 Å². The summed E-state index contributed by atoms with van der Waals surface area (Å²) >= 11 is 1.01. The van der Waals surface area contributed by atoms with Gasteiger partial charge in [0.25, 0.3) is 5.91 Å². The van der Waals surface area contributed by atoms with Gasteiger partial charge >= 0.3 is 5.97 Å². The normalized spacial score (nSPS) is 10.7. The number of hydrogen-bond donors (Lipinski definition) is 1. The Morgan fingerprint density at radius 1 is 1.10 bits per heavy atom. The third-order valence-corrected chi connectivity index (χ3v) is 5.33. The molecule has 0 aliphatic heterocycles. The molecule has 1 N–H and O–H groups in total. The molecule has 0 saturated heterocycles. The minimum Gasteiger partial charge on any atom is -0.477 e. The van der Waals surface area contributed by atoms with E-state index in [1.165, 1.54) is 13.2 Å². The van der Waals surface area contributed by atoms with Crippen molar-refractivity contribution in [2.45, 2.75) is 6.54 Å². The summed E-state index contributed by atoms with van der Waals surface area (Å²) in [5.41, 5.74) is 0.977. The second-order valence-corrected chi connectivity index (χ2v) is 7.20. The molecule has 0 bridgehead atoms. The van der Waals surface area contributed by atoms with E-state index in [0.717, 1.165) is 33.9 Å². The number of carbonyl (C=O) groups is 2. The maximum atomic E-state index is 14.2. The van der Waals surface area contributed by atoms with Crippen molar-refractivity contribution >= 4 is 28.9 Å². The minimum atomic E-state index is -1.21. The first kappa shape index (κ1) is 20.6. The highest BCUT2D eigenvalue weighted by Gasteiger charge is 2.26. The number of anilines is 1. The van der Waals surface area contributed by atoms with Crippen LogP contribution in [0.1, 0.15) is 15.2 Å². The van der Waals surface area contributed by atoms with E-state index in [4.69, 9.17) is 4.74 Å². The van der Waals surface area contributed by atoms with E-state index >= 15 is 0 Å². The van der Waals surface area contributed by atoms with Crippen LogP contribution in [-0.4, -0.2) is 30.7 Å². The average molecular weight is 417 g/mol. The van der Waals surface area contributed by atoms with Gasteiger partial charge in [-0.05, 0) is 17.7 Å². The number of benzene rings is 2. The fourth-order valence-electron chi connectivity index (χ4n) is 2.81.